The van der Waals surface area contributed by atoms with Gasteiger partial charge in [-0.1, -0.05) is 44.9 Å². The van der Waals surface area contributed by atoms with Gasteiger partial charge in [0.25, 0.3) is 0 Å². The minimum atomic E-state index is -5.15. The van der Waals surface area contributed by atoms with E-state index in [1.54, 1.807) is 23.5 Å². The van der Waals surface area contributed by atoms with Crippen molar-refractivity contribution >= 4 is 29.3 Å². The van der Waals surface area contributed by atoms with Crippen LogP contribution in [-0.4, -0.2) is 59.5 Å². The number of likely N-dealkylation sites (tertiary alicyclic amines) is 1. The number of rotatable bonds is 7. The molecule has 0 aromatic heterocycles. The molecule has 2 heterocycles. The molecule has 1 aliphatic carbocycles. The lowest BCUT2D eigenvalue weighted by Gasteiger charge is -2.30. The van der Waals surface area contributed by atoms with E-state index in [9.17, 15) is 32.3 Å². The van der Waals surface area contributed by atoms with Crippen LogP contribution in [0, 0.1) is 11.8 Å². The predicted octanol–water partition coefficient (Wildman–Crippen LogP) is 1.38. The lowest BCUT2D eigenvalue weighted by atomic mass is 9.80. The molecule has 1 saturated carbocycles. The first-order valence-electron chi connectivity index (χ1n) is 12.0. The van der Waals surface area contributed by atoms with Gasteiger partial charge in [0.05, 0.1) is 11.6 Å². The second-order valence-electron chi connectivity index (χ2n) is 10.3. The fourth-order valence-corrected chi connectivity index (χ4v) is 5.04. The minimum Gasteiger partial charge on any atom is -0.342 e. The van der Waals surface area contributed by atoms with Gasteiger partial charge in [-0.05, 0) is 29.9 Å². The first kappa shape index (κ1) is 25.9. The Labute approximate surface area is 206 Å². The van der Waals surface area contributed by atoms with Crippen molar-refractivity contribution in [2.75, 3.05) is 11.9 Å². The SMILES string of the molecule is CC(C)[C@H](NC(=O)C(F)(F)F)C(=O)N[C@@H](CC1CC1)C(=O)N1C[C@]2(C[C@H]1N)C(=O)Nc1ccccc12. The van der Waals surface area contributed by atoms with Gasteiger partial charge < -0.3 is 26.6 Å². The molecule has 0 bridgehead atoms. The highest BCUT2D eigenvalue weighted by atomic mass is 19.4. The van der Waals surface area contributed by atoms with Gasteiger partial charge in [0.1, 0.15) is 12.1 Å². The van der Waals surface area contributed by atoms with Crippen LogP contribution in [0.1, 0.15) is 45.1 Å². The third kappa shape index (κ3) is 4.91. The number of amides is 4. The number of carbonyl (C=O) groups is 4. The van der Waals surface area contributed by atoms with Crippen LogP contribution in [0.15, 0.2) is 24.3 Å². The number of nitrogens with two attached hydrogens (primary N) is 1. The summed E-state index contributed by atoms with van der Waals surface area (Å²) in [6, 6.07) is 4.65. The average molecular weight is 510 g/mol. The number of nitrogens with one attached hydrogen (secondary N) is 3. The summed E-state index contributed by atoms with van der Waals surface area (Å²) in [4.78, 5) is 52.4. The largest absolute Gasteiger partial charge is 0.471 e. The number of alkyl halides is 3. The van der Waals surface area contributed by atoms with E-state index < -0.39 is 53.5 Å². The summed E-state index contributed by atoms with van der Waals surface area (Å²) in [5, 5.41) is 7.13. The highest BCUT2D eigenvalue weighted by molar-refractivity contribution is 6.07. The van der Waals surface area contributed by atoms with Crippen molar-refractivity contribution in [1.29, 1.82) is 0 Å². The maximum Gasteiger partial charge on any atom is 0.471 e. The van der Waals surface area contributed by atoms with E-state index in [1.807, 2.05) is 6.07 Å². The quantitative estimate of drug-likeness (QED) is 0.441. The summed E-state index contributed by atoms with van der Waals surface area (Å²) < 4.78 is 38.4. The maximum absolute atomic E-state index is 13.6. The molecular weight excluding hydrogens is 479 g/mol. The summed E-state index contributed by atoms with van der Waals surface area (Å²) in [7, 11) is 0. The minimum absolute atomic E-state index is 0.0191. The molecule has 0 radical (unpaired) electrons. The van der Waals surface area contributed by atoms with Crippen LogP contribution in [0.4, 0.5) is 18.9 Å². The molecule has 1 spiro atoms. The molecule has 4 rings (SSSR count). The monoisotopic (exact) mass is 509 g/mol. The van der Waals surface area contributed by atoms with E-state index in [0.717, 1.165) is 18.4 Å². The summed E-state index contributed by atoms with van der Waals surface area (Å²) in [6.07, 6.45) is -3.72. The van der Waals surface area contributed by atoms with Crippen molar-refractivity contribution in [3.63, 3.8) is 0 Å². The first-order valence-corrected chi connectivity index (χ1v) is 12.0. The van der Waals surface area contributed by atoms with Crippen LogP contribution in [0.25, 0.3) is 0 Å². The van der Waals surface area contributed by atoms with E-state index in [1.165, 1.54) is 18.7 Å². The third-order valence-corrected chi connectivity index (χ3v) is 7.18. The molecule has 2 fully saturated rings. The predicted molar refractivity (Wildman–Crippen MR) is 123 cm³/mol. The van der Waals surface area contributed by atoms with Crippen LogP contribution in [0.3, 0.4) is 0 Å². The van der Waals surface area contributed by atoms with Gasteiger partial charge in [0.15, 0.2) is 0 Å². The Morgan fingerprint density at radius 3 is 2.47 bits per heavy atom. The molecule has 9 nitrogen and oxygen atoms in total. The molecule has 196 valence electrons. The Morgan fingerprint density at radius 2 is 1.86 bits per heavy atom. The molecule has 1 aromatic rings. The zero-order chi connectivity index (χ0) is 26.4. The Bertz CT molecular complexity index is 1070. The Balaban J connectivity index is 1.53. The smallest absolute Gasteiger partial charge is 0.342 e. The van der Waals surface area contributed by atoms with Gasteiger partial charge in [-0.3, -0.25) is 19.2 Å². The number of anilines is 1. The average Bonchev–Trinajstić information content (AvgIpc) is 3.49. The first-order chi connectivity index (χ1) is 16.8. The van der Waals surface area contributed by atoms with Crippen molar-refractivity contribution in [2.24, 2.45) is 17.6 Å². The van der Waals surface area contributed by atoms with Crippen LogP contribution in [-0.2, 0) is 24.6 Å². The number of hydrogen-bond donors (Lipinski definition) is 4. The zero-order valence-electron chi connectivity index (χ0n) is 20.0. The normalized spacial score (nSPS) is 24.9. The molecule has 1 aromatic carbocycles. The van der Waals surface area contributed by atoms with E-state index in [2.05, 4.69) is 10.6 Å². The Morgan fingerprint density at radius 1 is 1.19 bits per heavy atom. The molecule has 3 aliphatic rings. The zero-order valence-corrected chi connectivity index (χ0v) is 20.0. The van der Waals surface area contributed by atoms with Crippen LogP contribution in [0.5, 0.6) is 0 Å². The highest BCUT2D eigenvalue weighted by Crippen LogP contribution is 2.45. The number of nitrogens with zero attached hydrogens (tertiary/aromatic N) is 1. The van der Waals surface area contributed by atoms with Crippen molar-refractivity contribution < 1.29 is 32.3 Å². The number of benzene rings is 1. The number of carbonyl (C=O) groups excluding carboxylic acids is 4. The molecule has 4 atom stereocenters. The third-order valence-electron chi connectivity index (χ3n) is 7.18. The molecule has 4 amide bonds. The lowest BCUT2D eigenvalue weighted by molar-refractivity contribution is -0.175. The lowest BCUT2D eigenvalue weighted by Crippen LogP contribution is -2.58. The molecular formula is C24H30F3N5O4. The molecule has 2 aliphatic heterocycles. The molecule has 36 heavy (non-hydrogen) atoms. The van der Waals surface area contributed by atoms with Gasteiger partial charge >= 0.3 is 12.1 Å². The summed E-state index contributed by atoms with van der Waals surface area (Å²) in [5.74, 6) is -4.34. The fraction of sp³-hybridized carbons (Fsp3) is 0.583. The van der Waals surface area contributed by atoms with Gasteiger partial charge in [-0.15, -0.1) is 0 Å². The highest BCUT2D eigenvalue weighted by Gasteiger charge is 2.55. The van der Waals surface area contributed by atoms with E-state index in [4.69, 9.17) is 5.73 Å². The summed E-state index contributed by atoms with van der Waals surface area (Å²) >= 11 is 0. The Kier molecular flexibility index (Phi) is 6.76. The van der Waals surface area contributed by atoms with Gasteiger partial charge in [0.2, 0.25) is 17.7 Å². The number of halogens is 3. The van der Waals surface area contributed by atoms with E-state index in [-0.39, 0.29) is 24.8 Å². The van der Waals surface area contributed by atoms with Crippen molar-refractivity contribution in [3.8, 4) is 0 Å². The standard InChI is InChI=1S/C24H30F3N5O4/c1-12(2)18(31-22(36)24(25,26)27)19(33)29-16(9-13-7-8-13)20(34)32-11-23(10-17(32)28)14-5-3-4-6-15(14)30-21(23)35/h3-6,12-13,16-18H,7-11,28H2,1-2H3,(H,29,33)(H,30,35)(H,31,36)/t16-,17-,18-,23-/m0/s1. The van der Waals surface area contributed by atoms with Gasteiger partial charge in [-0.25, -0.2) is 0 Å². The van der Waals surface area contributed by atoms with Crippen LogP contribution < -0.4 is 21.7 Å². The fourth-order valence-electron chi connectivity index (χ4n) is 5.04. The molecule has 1 saturated heterocycles. The second kappa shape index (κ2) is 9.38. The topological polar surface area (TPSA) is 134 Å². The second-order valence-corrected chi connectivity index (χ2v) is 10.3. The van der Waals surface area contributed by atoms with E-state index >= 15 is 0 Å². The maximum atomic E-state index is 13.6. The van der Waals surface area contributed by atoms with Crippen molar-refractivity contribution in [1.82, 2.24) is 15.5 Å². The van der Waals surface area contributed by atoms with E-state index in [0.29, 0.717) is 12.1 Å². The number of para-hydroxylation sites is 1. The molecule has 12 heteroatoms. The number of fused-ring (bicyclic) bond motifs is 2. The summed E-state index contributed by atoms with van der Waals surface area (Å²) in [5.41, 5.74) is 6.72. The van der Waals surface area contributed by atoms with Crippen molar-refractivity contribution in [2.45, 2.75) is 69.4 Å². The number of hydrogen-bond acceptors (Lipinski definition) is 5. The molecule has 0 unspecified atom stereocenters. The van der Waals surface area contributed by atoms with Gasteiger partial charge in [-0.2, -0.15) is 13.2 Å². The van der Waals surface area contributed by atoms with Crippen molar-refractivity contribution in [3.05, 3.63) is 29.8 Å². The summed E-state index contributed by atoms with van der Waals surface area (Å²) in [6.45, 7) is 3.01. The van der Waals surface area contributed by atoms with Crippen LogP contribution in [0.2, 0.25) is 0 Å². The van der Waals surface area contributed by atoms with Crippen LogP contribution >= 0.6 is 0 Å². The molecule has 5 N–H and O–H groups in total. The Hall–Kier alpha value is -3.15. The van der Waals surface area contributed by atoms with Gasteiger partial charge in [0, 0.05) is 18.7 Å².